The lowest BCUT2D eigenvalue weighted by atomic mass is 9.92. The first-order valence-electron chi connectivity index (χ1n) is 7.04. The molecule has 0 aromatic heterocycles. The van der Waals surface area contributed by atoms with Crippen molar-refractivity contribution in [2.45, 2.75) is 32.2 Å². The van der Waals surface area contributed by atoms with Gasteiger partial charge in [-0.05, 0) is 55.6 Å². The van der Waals surface area contributed by atoms with E-state index in [1.54, 1.807) is 0 Å². The van der Waals surface area contributed by atoms with Crippen LogP contribution in [0.25, 0.3) is 0 Å². The number of piperidine rings is 1. The molecule has 1 unspecified atom stereocenters. The quantitative estimate of drug-likeness (QED) is 0.885. The molecule has 1 fully saturated rings. The Morgan fingerprint density at radius 1 is 1.42 bits per heavy atom. The van der Waals surface area contributed by atoms with Crippen LogP contribution in [0.1, 0.15) is 37.8 Å². The minimum atomic E-state index is 0.239. The lowest BCUT2D eigenvalue weighted by molar-refractivity contribution is 0.134. The Bertz CT molecular complexity index is 417. The third-order valence-electron chi connectivity index (χ3n) is 4.21. The lowest BCUT2D eigenvalue weighted by Crippen LogP contribution is -2.39. The van der Waals surface area contributed by atoms with Crippen molar-refractivity contribution in [2.24, 2.45) is 11.7 Å². The van der Waals surface area contributed by atoms with Gasteiger partial charge in [-0.15, -0.1) is 0 Å². The van der Waals surface area contributed by atoms with Crippen LogP contribution in [0.5, 0.6) is 0 Å². The van der Waals surface area contributed by atoms with E-state index in [4.69, 9.17) is 17.3 Å². The fraction of sp³-hybridized carbons (Fsp3) is 0.600. The van der Waals surface area contributed by atoms with Crippen LogP contribution in [0.3, 0.4) is 0 Å². The average molecular weight is 346 g/mol. The van der Waals surface area contributed by atoms with Crippen LogP contribution < -0.4 is 5.73 Å². The summed E-state index contributed by atoms with van der Waals surface area (Å²) in [4.78, 5) is 2.49. The molecule has 19 heavy (non-hydrogen) atoms. The zero-order valence-electron chi connectivity index (χ0n) is 11.4. The van der Waals surface area contributed by atoms with Crippen LogP contribution in [0, 0.1) is 5.92 Å². The van der Waals surface area contributed by atoms with Crippen LogP contribution in [-0.2, 0) is 0 Å². The maximum Gasteiger partial charge on any atom is 0.0485 e. The Labute approximate surface area is 129 Å². The summed E-state index contributed by atoms with van der Waals surface area (Å²) in [5.74, 6) is 0.882. The van der Waals surface area contributed by atoms with Gasteiger partial charge in [-0.25, -0.2) is 0 Å². The summed E-state index contributed by atoms with van der Waals surface area (Å²) in [7, 11) is 0. The number of halogens is 2. The van der Waals surface area contributed by atoms with Crippen LogP contribution in [-0.4, -0.2) is 24.5 Å². The molecule has 1 atom stereocenters. The van der Waals surface area contributed by atoms with Gasteiger partial charge in [-0.3, -0.25) is 4.90 Å². The Kier molecular flexibility index (Phi) is 5.70. The van der Waals surface area contributed by atoms with Crippen molar-refractivity contribution in [1.82, 2.24) is 4.90 Å². The average Bonchev–Trinajstić information content (AvgIpc) is 2.44. The van der Waals surface area contributed by atoms with E-state index < -0.39 is 0 Å². The first kappa shape index (κ1) is 15.3. The van der Waals surface area contributed by atoms with Crippen LogP contribution in [0.4, 0.5) is 0 Å². The number of hydrogen-bond donors (Lipinski definition) is 1. The van der Waals surface area contributed by atoms with Gasteiger partial charge in [-0.2, -0.15) is 0 Å². The van der Waals surface area contributed by atoms with E-state index in [1.807, 2.05) is 12.1 Å². The molecule has 2 N–H and O–H groups in total. The van der Waals surface area contributed by atoms with Crippen LogP contribution >= 0.6 is 27.5 Å². The summed E-state index contributed by atoms with van der Waals surface area (Å²) in [6.07, 6.45) is 3.84. The number of rotatable bonds is 4. The van der Waals surface area contributed by atoms with Gasteiger partial charge in [-0.1, -0.05) is 40.9 Å². The van der Waals surface area contributed by atoms with E-state index in [2.05, 4.69) is 33.8 Å². The molecule has 1 aliphatic heterocycles. The van der Waals surface area contributed by atoms with Crippen molar-refractivity contribution in [3.8, 4) is 0 Å². The third kappa shape index (κ3) is 3.72. The second-order valence-corrected chi connectivity index (χ2v) is 6.63. The Morgan fingerprint density at radius 2 is 2.11 bits per heavy atom. The molecule has 1 aliphatic rings. The third-order valence-corrected chi connectivity index (χ3v) is 5.05. The number of nitrogens with two attached hydrogens (primary N) is 1. The Balaban J connectivity index is 2.14. The van der Waals surface area contributed by atoms with Gasteiger partial charge < -0.3 is 5.73 Å². The molecule has 106 valence electrons. The summed E-state index contributed by atoms with van der Waals surface area (Å²) < 4.78 is 1.06. The normalized spacial score (nSPS) is 19.6. The minimum absolute atomic E-state index is 0.239. The number of hydrogen-bond acceptors (Lipinski definition) is 2. The van der Waals surface area contributed by atoms with Crippen LogP contribution in [0.2, 0.25) is 5.02 Å². The fourth-order valence-corrected chi connectivity index (χ4v) is 3.54. The highest BCUT2D eigenvalue weighted by atomic mass is 79.9. The van der Waals surface area contributed by atoms with E-state index in [1.165, 1.54) is 19.3 Å². The maximum absolute atomic E-state index is 6.34. The first-order valence-corrected chi connectivity index (χ1v) is 8.21. The number of likely N-dealkylation sites (tertiary alicyclic amines) is 1. The second kappa shape index (κ2) is 7.07. The molecule has 1 heterocycles. The van der Waals surface area contributed by atoms with Gasteiger partial charge in [0.05, 0.1) is 0 Å². The van der Waals surface area contributed by atoms with Crippen LogP contribution in [0.15, 0.2) is 22.7 Å². The molecule has 4 heteroatoms. The van der Waals surface area contributed by atoms with Gasteiger partial charge in [0.1, 0.15) is 0 Å². The largest absolute Gasteiger partial charge is 0.329 e. The van der Waals surface area contributed by atoms with Crippen molar-refractivity contribution in [1.29, 1.82) is 0 Å². The molecule has 0 spiro atoms. The summed E-state index contributed by atoms with van der Waals surface area (Å²) in [5, 5.41) is 0.816. The van der Waals surface area contributed by atoms with Gasteiger partial charge >= 0.3 is 0 Å². The predicted octanol–water partition coefficient (Wildman–Crippen LogP) is 4.22. The number of nitrogens with zero attached hydrogens (tertiary/aromatic N) is 1. The molecule has 0 bridgehead atoms. The van der Waals surface area contributed by atoms with Gasteiger partial charge in [0.2, 0.25) is 0 Å². The second-order valence-electron chi connectivity index (χ2n) is 5.30. The van der Waals surface area contributed by atoms with Crippen molar-refractivity contribution >= 4 is 27.5 Å². The highest BCUT2D eigenvalue weighted by molar-refractivity contribution is 9.10. The fourth-order valence-electron chi connectivity index (χ4n) is 2.92. The topological polar surface area (TPSA) is 29.3 Å². The monoisotopic (exact) mass is 344 g/mol. The molecule has 2 rings (SSSR count). The molecule has 1 saturated heterocycles. The molecule has 0 saturated carbocycles. The number of benzene rings is 1. The summed E-state index contributed by atoms with van der Waals surface area (Å²) in [6.45, 7) is 5.16. The maximum atomic E-state index is 6.34. The molecular weight excluding hydrogens is 324 g/mol. The predicted molar refractivity (Wildman–Crippen MR) is 85.5 cm³/mol. The lowest BCUT2D eigenvalue weighted by Gasteiger charge is -2.37. The van der Waals surface area contributed by atoms with Crippen molar-refractivity contribution in [3.05, 3.63) is 33.3 Å². The first-order chi connectivity index (χ1) is 9.15. The minimum Gasteiger partial charge on any atom is -0.329 e. The smallest absolute Gasteiger partial charge is 0.0485 e. The van der Waals surface area contributed by atoms with E-state index in [9.17, 15) is 0 Å². The van der Waals surface area contributed by atoms with E-state index in [0.717, 1.165) is 34.1 Å². The van der Waals surface area contributed by atoms with E-state index in [0.29, 0.717) is 6.54 Å². The van der Waals surface area contributed by atoms with Gasteiger partial charge in [0.15, 0.2) is 0 Å². The standard InChI is InChI=1S/C15H22BrClN2/c1-2-11-5-7-19(8-6-11)15(10-18)13-9-12(16)3-4-14(13)17/h3-4,9,11,15H,2,5-8,10,18H2,1H3. The highest BCUT2D eigenvalue weighted by Crippen LogP contribution is 2.32. The molecule has 1 aromatic rings. The summed E-state index contributed by atoms with van der Waals surface area (Å²) in [5.41, 5.74) is 7.15. The van der Waals surface area contributed by atoms with Crippen molar-refractivity contribution in [2.75, 3.05) is 19.6 Å². The Morgan fingerprint density at radius 3 is 2.68 bits per heavy atom. The zero-order valence-corrected chi connectivity index (χ0v) is 13.8. The molecule has 0 amide bonds. The van der Waals surface area contributed by atoms with Gasteiger partial charge in [0.25, 0.3) is 0 Å². The van der Waals surface area contributed by atoms with E-state index >= 15 is 0 Å². The molecule has 1 aromatic carbocycles. The summed E-state index contributed by atoms with van der Waals surface area (Å²) in [6, 6.07) is 6.26. The summed E-state index contributed by atoms with van der Waals surface area (Å²) >= 11 is 9.86. The molecule has 2 nitrogen and oxygen atoms in total. The molecule has 0 aliphatic carbocycles. The SMILES string of the molecule is CCC1CCN(C(CN)c2cc(Br)ccc2Cl)CC1. The highest BCUT2D eigenvalue weighted by Gasteiger charge is 2.25. The molecular formula is C15H22BrClN2. The van der Waals surface area contributed by atoms with Crippen molar-refractivity contribution < 1.29 is 0 Å². The van der Waals surface area contributed by atoms with E-state index in [-0.39, 0.29) is 6.04 Å². The molecule has 0 radical (unpaired) electrons. The van der Waals surface area contributed by atoms with Crippen molar-refractivity contribution in [3.63, 3.8) is 0 Å². The Hall–Kier alpha value is -0.0900. The zero-order chi connectivity index (χ0) is 13.8. The van der Waals surface area contributed by atoms with Gasteiger partial charge in [0, 0.05) is 22.1 Å².